The van der Waals surface area contributed by atoms with Crippen molar-refractivity contribution in [3.05, 3.63) is 59.6 Å². The van der Waals surface area contributed by atoms with Gasteiger partial charge in [0.05, 0.1) is 5.52 Å². The molecule has 1 aliphatic rings. The molecule has 2 aromatic rings. The van der Waals surface area contributed by atoms with Crippen molar-refractivity contribution in [2.45, 2.75) is 33.1 Å². The van der Waals surface area contributed by atoms with E-state index >= 15 is 0 Å². The second kappa shape index (κ2) is 7.92. The number of aryl methyl sites for hydroxylation is 1. The van der Waals surface area contributed by atoms with Crippen molar-refractivity contribution in [3.8, 4) is 0 Å². The van der Waals surface area contributed by atoms with Crippen LogP contribution in [0.3, 0.4) is 0 Å². The van der Waals surface area contributed by atoms with E-state index in [1.807, 2.05) is 17.0 Å². The Morgan fingerprint density at radius 2 is 2.08 bits per heavy atom. The van der Waals surface area contributed by atoms with Crippen LogP contribution in [0.5, 0.6) is 0 Å². The first-order valence-electron chi connectivity index (χ1n) is 9.42. The molecule has 0 saturated heterocycles. The lowest BCUT2D eigenvalue weighted by Gasteiger charge is -2.20. The Hall–Kier alpha value is -2.33. The summed E-state index contributed by atoms with van der Waals surface area (Å²) in [6, 6.07) is 6.35. The molecule has 1 aliphatic heterocycles. The van der Waals surface area contributed by atoms with E-state index in [9.17, 15) is 4.79 Å². The first kappa shape index (κ1) is 18.5. The van der Waals surface area contributed by atoms with Gasteiger partial charge in [0.15, 0.2) is 0 Å². The smallest absolute Gasteiger partial charge is 0.260 e. The summed E-state index contributed by atoms with van der Waals surface area (Å²) in [6.45, 7) is 6.16. The molecule has 138 valence electrons. The maximum Gasteiger partial charge on any atom is 0.260 e. The normalized spacial score (nSPS) is 14.3. The number of hydrogen-bond acceptors (Lipinski definition) is 3. The first-order valence-corrected chi connectivity index (χ1v) is 9.42. The molecule has 0 amide bonds. The van der Waals surface area contributed by atoms with Crippen LogP contribution in [0.1, 0.15) is 35.7 Å². The van der Waals surface area contributed by atoms with Crippen molar-refractivity contribution < 1.29 is 4.79 Å². The number of aromatic nitrogens is 1. The molecule has 0 spiro atoms. The second-order valence-corrected chi connectivity index (χ2v) is 7.38. The van der Waals surface area contributed by atoms with E-state index in [1.54, 1.807) is 0 Å². The molecule has 0 bridgehead atoms. The van der Waals surface area contributed by atoms with E-state index in [0.29, 0.717) is 6.42 Å². The number of benzene rings is 1. The lowest BCUT2D eigenvalue weighted by Crippen LogP contribution is -2.20. The van der Waals surface area contributed by atoms with Crippen LogP contribution in [0.2, 0.25) is 0 Å². The van der Waals surface area contributed by atoms with Crippen LogP contribution in [-0.4, -0.2) is 47.5 Å². The highest BCUT2D eigenvalue weighted by molar-refractivity contribution is 6.03. The maximum absolute atomic E-state index is 13.2. The topological polar surface area (TPSA) is 28.5 Å². The summed E-state index contributed by atoms with van der Waals surface area (Å²) in [5.41, 5.74) is 4.32. The van der Waals surface area contributed by atoms with E-state index in [-0.39, 0.29) is 5.91 Å². The summed E-state index contributed by atoms with van der Waals surface area (Å²) in [4.78, 5) is 17.5. The Labute approximate surface area is 156 Å². The van der Waals surface area contributed by atoms with Crippen molar-refractivity contribution in [1.82, 2.24) is 14.4 Å². The van der Waals surface area contributed by atoms with Crippen LogP contribution < -0.4 is 0 Å². The van der Waals surface area contributed by atoms with Gasteiger partial charge in [-0.2, -0.15) is 0 Å². The molecule has 0 radical (unpaired) electrons. The number of carbonyl (C=O) groups is 1. The number of fused-ring (bicyclic) bond motifs is 1. The van der Waals surface area contributed by atoms with Gasteiger partial charge >= 0.3 is 0 Å². The van der Waals surface area contributed by atoms with Gasteiger partial charge in [-0.05, 0) is 64.2 Å². The number of carbonyl (C=O) groups excluding carboxylic acids is 1. The fourth-order valence-corrected chi connectivity index (χ4v) is 3.43. The molecule has 1 aromatic carbocycles. The Morgan fingerprint density at radius 1 is 1.27 bits per heavy atom. The third-order valence-electron chi connectivity index (χ3n) is 4.80. The van der Waals surface area contributed by atoms with Gasteiger partial charge in [0.1, 0.15) is 0 Å². The highest BCUT2D eigenvalue weighted by Gasteiger charge is 2.19. The van der Waals surface area contributed by atoms with Gasteiger partial charge in [0.2, 0.25) is 0 Å². The molecule has 0 saturated carbocycles. The minimum absolute atomic E-state index is 0.0837. The molecule has 0 N–H and O–H groups in total. The SMILES string of the molecule is CCCN1C=CCC(C(=O)n2cc(CCN(C)C)c3cc(C)ccc32)=C1. The number of allylic oxidation sites excluding steroid dienone is 2. The number of likely N-dealkylation sites (N-methyl/N-ethyl adjacent to an activating group) is 1. The first-order chi connectivity index (χ1) is 12.5. The van der Waals surface area contributed by atoms with Gasteiger partial charge in [-0.1, -0.05) is 24.6 Å². The van der Waals surface area contributed by atoms with Gasteiger partial charge < -0.3 is 9.80 Å². The Balaban J connectivity index is 1.97. The zero-order valence-corrected chi connectivity index (χ0v) is 16.3. The average molecular weight is 351 g/mol. The van der Waals surface area contributed by atoms with Crippen LogP contribution in [0, 0.1) is 6.92 Å². The van der Waals surface area contributed by atoms with Crippen LogP contribution in [-0.2, 0) is 6.42 Å². The van der Waals surface area contributed by atoms with Gasteiger partial charge in [-0.3, -0.25) is 9.36 Å². The van der Waals surface area contributed by atoms with E-state index in [0.717, 1.165) is 37.0 Å². The summed E-state index contributed by atoms with van der Waals surface area (Å²) < 4.78 is 1.84. The van der Waals surface area contributed by atoms with Gasteiger partial charge in [-0.25, -0.2) is 0 Å². The Bertz CT molecular complexity index is 858. The number of nitrogens with zero attached hydrogens (tertiary/aromatic N) is 3. The van der Waals surface area contributed by atoms with E-state index < -0.39 is 0 Å². The van der Waals surface area contributed by atoms with Gasteiger partial charge in [0, 0.05) is 36.4 Å². The van der Waals surface area contributed by atoms with Gasteiger partial charge in [0.25, 0.3) is 5.91 Å². The van der Waals surface area contributed by atoms with Crippen molar-refractivity contribution in [3.63, 3.8) is 0 Å². The minimum Gasteiger partial charge on any atom is -0.354 e. The Morgan fingerprint density at radius 3 is 2.81 bits per heavy atom. The zero-order chi connectivity index (χ0) is 18.7. The molecule has 26 heavy (non-hydrogen) atoms. The standard InChI is InChI=1S/C22H29N3O/c1-5-11-24-12-6-7-19(15-24)22(26)25-16-18(10-13-23(3)4)20-14-17(2)8-9-21(20)25/h6,8-9,12,14-16H,5,7,10-11,13H2,1-4H3. The fraction of sp³-hybridized carbons (Fsp3) is 0.409. The maximum atomic E-state index is 13.2. The summed E-state index contributed by atoms with van der Waals surface area (Å²) in [5, 5.41) is 1.19. The predicted octanol–water partition coefficient (Wildman–Crippen LogP) is 4.21. The molecule has 1 aromatic heterocycles. The molecule has 3 rings (SSSR count). The third-order valence-corrected chi connectivity index (χ3v) is 4.80. The number of hydrogen-bond donors (Lipinski definition) is 0. The van der Waals surface area contributed by atoms with Crippen molar-refractivity contribution in [1.29, 1.82) is 0 Å². The summed E-state index contributed by atoms with van der Waals surface area (Å²) in [6.07, 6.45) is 10.9. The summed E-state index contributed by atoms with van der Waals surface area (Å²) in [5.74, 6) is 0.0837. The molecule has 0 atom stereocenters. The summed E-state index contributed by atoms with van der Waals surface area (Å²) in [7, 11) is 4.16. The summed E-state index contributed by atoms with van der Waals surface area (Å²) >= 11 is 0. The molecular formula is C22H29N3O. The van der Waals surface area contributed by atoms with Crippen LogP contribution in [0.4, 0.5) is 0 Å². The molecule has 0 fully saturated rings. The van der Waals surface area contributed by atoms with Crippen LogP contribution in [0.25, 0.3) is 10.9 Å². The highest BCUT2D eigenvalue weighted by atomic mass is 16.2. The highest BCUT2D eigenvalue weighted by Crippen LogP contribution is 2.26. The van der Waals surface area contributed by atoms with Gasteiger partial charge in [-0.15, -0.1) is 0 Å². The molecule has 4 nitrogen and oxygen atoms in total. The molecule has 0 unspecified atom stereocenters. The molecule has 0 aliphatic carbocycles. The second-order valence-electron chi connectivity index (χ2n) is 7.38. The van der Waals surface area contributed by atoms with Crippen LogP contribution >= 0.6 is 0 Å². The van der Waals surface area contributed by atoms with Crippen molar-refractivity contribution in [2.24, 2.45) is 0 Å². The molecular weight excluding hydrogens is 322 g/mol. The Kier molecular flexibility index (Phi) is 5.62. The van der Waals surface area contributed by atoms with E-state index in [2.05, 4.69) is 68.2 Å². The van der Waals surface area contributed by atoms with Crippen molar-refractivity contribution >= 4 is 16.8 Å². The fourth-order valence-electron chi connectivity index (χ4n) is 3.43. The number of rotatable bonds is 6. The molecule has 4 heteroatoms. The van der Waals surface area contributed by atoms with E-state index in [1.165, 1.54) is 16.5 Å². The predicted molar refractivity (Wildman–Crippen MR) is 108 cm³/mol. The average Bonchev–Trinajstić information content (AvgIpc) is 2.97. The van der Waals surface area contributed by atoms with E-state index in [4.69, 9.17) is 0 Å². The third kappa shape index (κ3) is 3.91. The largest absolute Gasteiger partial charge is 0.354 e. The van der Waals surface area contributed by atoms with Crippen LogP contribution in [0.15, 0.2) is 48.4 Å². The lowest BCUT2D eigenvalue weighted by molar-refractivity contribution is 0.0955. The molecule has 2 heterocycles. The van der Waals surface area contributed by atoms with Crippen molar-refractivity contribution in [2.75, 3.05) is 27.2 Å². The monoisotopic (exact) mass is 351 g/mol. The lowest BCUT2D eigenvalue weighted by atomic mass is 10.1. The zero-order valence-electron chi connectivity index (χ0n) is 16.3. The quantitative estimate of drug-likeness (QED) is 0.780. The minimum atomic E-state index is 0.0837.